The van der Waals surface area contributed by atoms with E-state index in [2.05, 4.69) is 15.3 Å². The third-order valence-electron chi connectivity index (χ3n) is 13.5. The Labute approximate surface area is 368 Å². The molecule has 344 valence electrons. The Bertz CT molecular complexity index is 2190. The largest absolute Gasteiger partial charge is 0.507 e. The van der Waals surface area contributed by atoms with Crippen LogP contribution in [0.15, 0.2) is 41.2 Å². The molecular weight excluding hydrogens is 813 g/mol. The van der Waals surface area contributed by atoms with E-state index in [1.807, 2.05) is 5.01 Å². The quantitative estimate of drug-likeness (QED) is 0.0926. The molecule has 9 atom stereocenters. The molecule has 0 unspecified atom stereocenters. The van der Waals surface area contributed by atoms with Crippen molar-refractivity contribution in [2.75, 3.05) is 38.6 Å². The van der Waals surface area contributed by atoms with Gasteiger partial charge >= 0.3 is 11.8 Å². The predicted molar refractivity (Wildman–Crippen MR) is 237 cm³/mol. The average molecular weight is 877 g/mol. The Morgan fingerprint density at radius 2 is 1.59 bits per heavy atom. The van der Waals surface area contributed by atoms with Crippen molar-refractivity contribution in [3.63, 3.8) is 0 Å². The third kappa shape index (κ3) is 9.40. The fourth-order valence-corrected chi connectivity index (χ4v) is 9.47. The number of phenolic OH excluding ortho intramolecular Hbond substituents is 3. The van der Waals surface area contributed by atoms with Crippen molar-refractivity contribution in [3.05, 3.63) is 52.8 Å². The SMILES string of the molecule is CO[C@H]1/C=C\O[C@@]2(C)Oc3c(C)c(O)c4c(O)c(c(C=NN5CCN(C6CCCC6)CC5)c(O)c4c3C2=O)NC(=O)/C(C)=C/C=C\[C@H](C)[C@H](O)[C@@H](C)[C@@H](O)[C@@H](C)[C@H](OC(C)=O)[C@@H]1C. The smallest absolute Gasteiger partial charge is 0.312 e. The standard InChI is InChI=1S/C47H64N4O12/c1-24-13-12-14-25(2)46(59)49-37-32(23-48-51-20-18-50(19-21-51)31-15-10-11-16-31)41(56)34-35(42(37)57)40(55)29(6)44-36(34)45(58)47(8,63-44)61-22-17-33(60-9)26(3)43(62-30(7)52)28(5)39(54)27(4)38(24)53/h12-14,17,22-24,26-28,31,33,38-39,43,53-57H,10-11,15-16,18-21H2,1-9H3,(H,49,59)/b13-12-,22-17-,25-14+,48-23?/t24-,26+,27+,28+,33-,38-,39+,43+,47-/m0/s1. The second-order valence-corrected chi connectivity index (χ2v) is 17.8. The highest BCUT2D eigenvalue weighted by molar-refractivity contribution is 6.23. The van der Waals surface area contributed by atoms with Crippen LogP contribution in [0.1, 0.15) is 95.6 Å². The van der Waals surface area contributed by atoms with Gasteiger partial charge in [-0.15, -0.1) is 0 Å². The van der Waals surface area contributed by atoms with Gasteiger partial charge in [0.05, 0.1) is 53.0 Å². The predicted octanol–water partition coefficient (Wildman–Crippen LogP) is 5.65. The summed E-state index contributed by atoms with van der Waals surface area (Å²) in [5, 5.41) is 67.6. The molecule has 4 aliphatic heterocycles. The van der Waals surface area contributed by atoms with E-state index in [1.165, 1.54) is 85.1 Å². The summed E-state index contributed by atoms with van der Waals surface area (Å²) in [4.78, 5) is 43.2. The lowest BCUT2D eigenvalue weighted by molar-refractivity contribution is -0.160. The minimum atomic E-state index is -2.04. The van der Waals surface area contributed by atoms with E-state index in [-0.39, 0.29) is 44.5 Å². The van der Waals surface area contributed by atoms with Gasteiger partial charge in [-0.2, -0.15) is 5.10 Å². The lowest BCUT2D eigenvalue weighted by Crippen LogP contribution is -2.47. The van der Waals surface area contributed by atoms with Gasteiger partial charge < -0.3 is 49.8 Å². The van der Waals surface area contributed by atoms with Gasteiger partial charge in [-0.25, -0.2) is 0 Å². The molecule has 4 heterocycles. The van der Waals surface area contributed by atoms with Crippen LogP contribution in [-0.4, -0.2) is 129 Å². The fourth-order valence-electron chi connectivity index (χ4n) is 9.47. The molecule has 16 heteroatoms. The molecule has 0 spiro atoms. The number of fused-ring (bicyclic) bond motifs is 14. The summed E-state index contributed by atoms with van der Waals surface area (Å²) in [6, 6.07) is 0.553. The van der Waals surface area contributed by atoms with Gasteiger partial charge in [0.15, 0.2) is 5.75 Å². The van der Waals surface area contributed by atoms with E-state index >= 15 is 0 Å². The minimum absolute atomic E-state index is 0.0631. The fraction of sp³-hybridized carbons (Fsp3) is 0.574. The highest BCUT2D eigenvalue weighted by Gasteiger charge is 2.50. The zero-order valence-corrected chi connectivity index (χ0v) is 37.8. The van der Waals surface area contributed by atoms with Crippen LogP contribution in [0.5, 0.6) is 23.0 Å². The second kappa shape index (κ2) is 19.3. The number of esters is 1. The first-order valence-corrected chi connectivity index (χ1v) is 21.9. The monoisotopic (exact) mass is 876 g/mol. The van der Waals surface area contributed by atoms with Crippen LogP contribution in [0.25, 0.3) is 10.8 Å². The first-order chi connectivity index (χ1) is 29.8. The number of aliphatic hydroxyl groups is 2. The minimum Gasteiger partial charge on any atom is -0.507 e. The van der Waals surface area contributed by atoms with E-state index in [4.69, 9.17) is 18.9 Å². The van der Waals surface area contributed by atoms with E-state index in [0.29, 0.717) is 19.1 Å². The molecule has 63 heavy (non-hydrogen) atoms. The summed E-state index contributed by atoms with van der Waals surface area (Å²) in [5.74, 6) is -8.28. The van der Waals surface area contributed by atoms with E-state index in [9.17, 15) is 39.9 Å². The maximum Gasteiger partial charge on any atom is 0.312 e. The van der Waals surface area contributed by atoms with Crippen LogP contribution in [0.3, 0.4) is 0 Å². The summed E-state index contributed by atoms with van der Waals surface area (Å²) in [5.41, 5.74) is -0.293. The highest BCUT2D eigenvalue weighted by atomic mass is 16.7. The molecule has 1 aliphatic carbocycles. The van der Waals surface area contributed by atoms with Gasteiger partial charge in [0.25, 0.3) is 11.7 Å². The maximum atomic E-state index is 14.5. The van der Waals surface area contributed by atoms with Gasteiger partial charge in [-0.3, -0.25) is 24.3 Å². The number of aromatic hydroxyl groups is 3. The number of hydrogen-bond acceptors (Lipinski definition) is 15. The molecular formula is C47H64N4O12. The van der Waals surface area contributed by atoms with Crippen LogP contribution in [0.2, 0.25) is 0 Å². The molecule has 1 saturated carbocycles. The van der Waals surface area contributed by atoms with Gasteiger partial charge in [0, 0.05) is 93.4 Å². The molecule has 16 nitrogen and oxygen atoms in total. The number of phenols is 3. The summed E-state index contributed by atoms with van der Waals surface area (Å²) >= 11 is 0. The molecule has 0 aromatic heterocycles. The Balaban J connectivity index is 1.47. The topological polar surface area (TPSA) is 220 Å². The van der Waals surface area contributed by atoms with Crippen molar-refractivity contribution >= 4 is 40.3 Å². The summed E-state index contributed by atoms with van der Waals surface area (Å²) in [6.45, 7) is 15.4. The van der Waals surface area contributed by atoms with Crippen molar-refractivity contribution in [2.24, 2.45) is 28.8 Å². The number of allylic oxidation sites excluding steroid dienone is 2. The Morgan fingerprint density at radius 3 is 2.22 bits per heavy atom. The lowest BCUT2D eigenvalue weighted by atomic mass is 9.78. The Hall–Kier alpha value is -5.16. The number of Topliss-reactive ketones (excluding diaryl/α,β-unsaturated/α-hetero) is 1. The molecule has 2 aromatic rings. The molecule has 2 fully saturated rings. The normalized spacial score (nSPS) is 32.4. The van der Waals surface area contributed by atoms with Crippen LogP contribution in [0, 0.1) is 30.6 Å². The maximum absolute atomic E-state index is 14.5. The number of nitrogens with zero attached hydrogens (tertiary/aromatic N) is 3. The van der Waals surface area contributed by atoms with Crippen LogP contribution < -0.4 is 10.1 Å². The van der Waals surface area contributed by atoms with Crippen molar-refractivity contribution < 1.29 is 58.9 Å². The van der Waals surface area contributed by atoms with Crippen molar-refractivity contribution in [1.82, 2.24) is 9.91 Å². The molecule has 2 aromatic carbocycles. The zero-order chi connectivity index (χ0) is 46.1. The number of benzene rings is 2. The Morgan fingerprint density at radius 1 is 0.921 bits per heavy atom. The van der Waals surface area contributed by atoms with Gasteiger partial charge in [-0.1, -0.05) is 58.8 Å². The van der Waals surface area contributed by atoms with Crippen LogP contribution >= 0.6 is 0 Å². The van der Waals surface area contributed by atoms with Gasteiger partial charge in [-0.05, 0) is 32.8 Å². The number of methoxy groups -OCH3 is 1. The Kier molecular flexibility index (Phi) is 14.5. The van der Waals surface area contributed by atoms with E-state index in [0.717, 1.165) is 13.1 Å². The third-order valence-corrected chi connectivity index (χ3v) is 13.5. The summed E-state index contributed by atoms with van der Waals surface area (Å²) < 4.78 is 23.7. The van der Waals surface area contributed by atoms with Crippen molar-refractivity contribution in [2.45, 2.75) is 117 Å². The average Bonchev–Trinajstić information content (AvgIpc) is 3.89. The van der Waals surface area contributed by atoms with Gasteiger partial charge in [0.2, 0.25) is 0 Å². The molecule has 1 amide bonds. The molecule has 6 N–H and O–H groups in total. The molecule has 0 radical (unpaired) electrons. The number of nitrogens with one attached hydrogen (secondary N) is 1. The number of rotatable bonds is 5. The number of hydrogen-bond donors (Lipinski definition) is 6. The lowest BCUT2D eigenvalue weighted by Gasteiger charge is -2.38. The molecule has 7 rings (SSSR count). The number of aliphatic hydroxyl groups excluding tert-OH is 2. The van der Waals surface area contributed by atoms with Crippen LogP contribution in [-0.2, 0) is 23.8 Å². The summed E-state index contributed by atoms with van der Waals surface area (Å²) in [7, 11) is 1.44. The molecule has 5 aliphatic rings. The highest BCUT2D eigenvalue weighted by Crippen LogP contribution is 2.55. The number of amides is 1. The number of hydrazone groups is 1. The number of ketones is 1. The second-order valence-electron chi connectivity index (χ2n) is 17.8. The van der Waals surface area contributed by atoms with E-state index < -0.39 is 88.8 Å². The number of anilines is 1. The van der Waals surface area contributed by atoms with E-state index in [1.54, 1.807) is 39.8 Å². The first-order valence-electron chi connectivity index (χ1n) is 21.9. The zero-order valence-electron chi connectivity index (χ0n) is 37.8. The number of ether oxygens (including phenoxy) is 4. The molecule has 1 saturated heterocycles. The number of piperazine rings is 1. The van der Waals surface area contributed by atoms with Crippen molar-refractivity contribution in [3.8, 4) is 23.0 Å². The number of carbonyl (C=O) groups excluding carboxylic acids is 3. The van der Waals surface area contributed by atoms with Gasteiger partial charge in [0.1, 0.15) is 23.4 Å². The van der Waals surface area contributed by atoms with Crippen molar-refractivity contribution in [1.29, 1.82) is 0 Å². The first kappa shape index (κ1) is 47.3. The van der Waals surface area contributed by atoms with Crippen LogP contribution in [0.4, 0.5) is 5.69 Å². The molecule has 5 bridgehead atoms. The number of carbonyl (C=O) groups is 3. The summed E-state index contributed by atoms with van der Waals surface area (Å²) in [6.07, 6.45) is 9.75.